The maximum Gasteiger partial charge on any atom is 0.232 e. The molecule has 3 N–H and O–H groups in total. The first kappa shape index (κ1) is 26.1. The van der Waals surface area contributed by atoms with Crippen LogP contribution in [-0.2, 0) is 17.8 Å². The number of carbonyl (C=O) groups excluding carboxylic acids is 1. The van der Waals surface area contributed by atoms with Gasteiger partial charge in [-0.05, 0) is 59.6 Å². The molecular weight excluding hydrogens is 472 g/mol. The minimum absolute atomic E-state index is 0.0580. The van der Waals surface area contributed by atoms with Crippen LogP contribution in [0.1, 0.15) is 74.6 Å². The van der Waals surface area contributed by atoms with Gasteiger partial charge in [-0.3, -0.25) is 15.0 Å². The Balaban J connectivity index is 1.37. The molecule has 0 spiro atoms. The van der Waals surface area contributed by atoms with E-state index in [0.717, 1.165) is 36.1 Å². The zero-order valence-electron chi connectivity index (χ0n) is 22.5. The van der Waals surface area contributed by atoms with Crippen LogP contribution in [-0.4, -0.2) is 27.4 Å². The predicted molar refractivity (Wildman–Crippen MR) is 153 cm³/mol. The van der Waals surface area contributed by atoms with E-state index in [4.69, 9.17) is 4.99 Å². The standard InChI is InChI=1S/C32H38N4O2/c1-4-32(5-2)20-28(37)36(31(35-32)33-26-15-7-6-8-16-26)21-23-12-11-14-25(19-23)30(38)34-29-22(3)18-24-13-9-10-17-27(24)29/h6-17,19,22,29-30,34,38H,4-5,18,20-21H2,1-3H3,(H,33,35)/t22-,29+,30?/m1/s1. The molecule has 0 radical (unpaired) electrons. The third kappa shape index (κ3) is 5.38. The number of nitrogens with zero attached hydrogens (tertiary/aromatic N) is 2. The van der Waals surface area contributed by atoms with Crippen LogP contribution in [0.25, 0.3) is 0 Å². The highest BCUT2D eigenvalue weighted by Gasteiger charge is 2.38. The molecule has 0 aromatic heterocycles. The second kappa shape index (κ2) is 11.1. The zero-order chi connectivity index (χ0) is 26.7. The van der Waals surface area contributed by atoms with E-state index in [1.54, 1.807) is 4.90 Å². The molecule has 0 bridgehead atoms. The summed E-state index contributed by atoms with van der Waals surface area (Å²) in [6, 6.07) is 26.3. The number of carbonyl (C=O) groups is 1. The fraction of sp³-hybridized carbons (Fsp3) is 0.375. The number of hydrogen-bond acceptors (Lipinski definition) is 5. The first-order chi connectivity index (χ1) is 18.4. The van der Waals surface area contributed by atoms with Gasteiger partial charge in [0.25, 0.3) is 0 Å². The number of nitrogens with one attached hydrogen (secondary N) is 2. The van der Waals surface area contributed by atoms with Gasteiger partial charge in [0.1, 0.15) is 6.23 Å². The average Bonchev–Trinajstić information content (AvgIpc) is 3.25. The van der Waals surface area contributed by atoms with Gasteiger partial charge in [0, 0.05) is 11.7 Å². The topological polar surface area (TPSA) is 77.0 Å². The summed E-state index contributed by atoms with van der Waals surface area (Å²) in [6.07, 6.45) is 2.20. The Morgan fingerprint density at radius 2 is 1.76 bits per heavy atom. The molecule has 0 saturated carbocycles. The molecule has 0 saturated heterocycles. The van der Waals surface area contributed by atoms with Crippen LogP contribution in [0.5, 0.6) is 0 Å². The molecule has 6 heteroatoms. The molecule has 2 aliphatic rings. The van der Waals surface area contributed by atoms with Crippen LogP contribution in [0.3, 0.4) is 0 Å². The van der Waals surface area contributed by atoms with Gasteiger partial charge in [-0.25, -0.2) is 4.99 Å². The quantitative estimate of drug-likeness (QED) is 0.327. The van der Waals surface area contributed by atoms with Gasteiger partial charge in [-0.2, -0.15) is 0 Å². The molecule has 3 atom stereocenters. The highest BCUT2D eigenvalue weighted by atomic mass is 16.3. The van der Waals surface area contributed by atoms with Crippen LogP contribution in [0, 0.1) is 5.92 Å². The smallest absolute Gasteiger partial charge is 0.232 e. The Morgan fingerprint density at radius 3 is 2.53 bits per heavy atom. The summed E-state index contributed by atoms with van der Waals surface area (Å²) in [7, 11) is 0. The molecule has 1 amide bonds. The predicted octanol–water partition coefficient (Wildman–Crippen LogP) is 5.96. The Bertz CT molecular complexity index is 1300. The number of hydrogen-bond donors (Lipinski definition) is 3. The summed E-state index contributed by atoms with van der Waals surface area (Å²) >= 11 is 0. The number of fused-ring (bicyclic) bond motifs is 1. The lowest BCUT2D eigenvalue weighted by Crippen LogP contribution is -2.50. The van der Waals surface area contributed by atoms with Crippen molar-refractivity contribution in [1.29, 1.82) is 0 Å². The van der Waals surface area contributed by atoms with Gasteiger partial charge in [0.2, 0.25) is 11.9 Å². The highest BCUT2D eigenvalue weighted by molar-refractivity contribution is 6.06. The number of aliphatic imine (C=N–C) groups is 1. The average molecular weight is 511 g/mol. The molecule has 1 unspecified atom stereocenters. The summed E-state index contributed by atoms with van der Waals surface area (Å²) in [4.78, 5) is 20.3. The second-order valence-corrected chi connectivity index (χ2v) is 10.7. The first-order valence-corrected chi connectivity index (χ1v) is 13.7. The van der Waals surface area contributed by atoms with Gasteiger partial charge in [0.15, 0.2) is 0 Å². The van der Waals surface area contributed by atoms with Crippen molar-refractivity contribution in [2.24, 2.45) is 10.9 Å². The summed E-state index contributed by atoms with van der Waals surface area (Å²) in [5.41, 5.74) is 4.84. The van der Waals surface area contributed by atoms with Crippen molar-refractivity contribution in [2.45, 2.75) is 70.8 Å². The van der Waals surface area contributed by atoms with Crippen molar-refractivity contribution >= 4 is 17.6 Å². The second-order valence-electron chi connectivity index (χ2n) is 10.7. The molecule has 1 aliphatic heterocycles. The van der Waals surface area contributed by atoms with E-state index >= 15 is 0 Å². The summed E-state index contributed by atoms with van der Waals surface area (Å²) in [5.74, 6) is 1.04. The van der Waals surface area contributed by atoms with E-state index in [-0.39, 0.29) is 17.5 Å². The number of anilines is 1. The van der Waals surface area contributed by atoms with Crippen molar-refractivity contribution in [1.82, 2.24) is 10.2 Å². The summed E-state index contributed by atoms with van der Waals surface area (Å²) < 4.78 is 0. The summed E-state index contributed by atoms with van der Waals surface area (Å²) in [6.45, 7) is 6.79. The molecule has 1 heterocycles. The van der Waals surface area contributed by atoms with Crippen molar-refractivity contribution < 1.29 is 9.90 Å². The molecule has 5 rings (SSSR count). The van der Waals surface area contributed by atoms with Gasteiger partial charge in [-0.15, -0.1) is 0 Å². The van der Waals surface area contributed by atoms with Crippen LogP contribution in [0.15, 0.2) is 83.9 Å². The van der Waals surface area contributed by atoms with Crippen molar-refractivity contribution in [3.05, 3.63) is 101 Å². The fourth-order valence-electron chi connectivity index (χ4n) is 5.75. The number of aliphatic hydroxyl groups excluding tert-OH is 1. The minimum Gasteiger partial charge on any atom is -0.374 e. The molecule has 38 heavy (non-hydrogen) atoms. The van der Waals surface area contributed by atoms with Crippen molar-refractivity contribution in [3.8, 4) is 0 Å². The third-order valence-corrected chi connectivity index (χ3v) is 8.17. The van der Waals surface area contributed by atoms with Crippen molar-refractivity contribution in [2.75, 3.05) is 5.32 Å². The number of rotatable bonds is 8. The molecule has 6 nitrogen and oxygen atoms in total. The maximum absolute atomic E-state index is 13.5. The molecule has 1 aliphatic carbocycles. The highest BCUT2D eigenvalue weighted by Crippen LogP contribution is 2.37. The van der Waals surface area contributed by atoms with Crippen LogP contribution >= 0.6 is 0 Å². The lowest BCUT2D eigenvalue weighted by molar-refractivity contribution is -0.130. The number of aliphatic hydroxyl groups is 1. The van der Waals surface area contributed by atoms with Crippen molar-refractivity contribution in [3.63, 3.8) is 0 Å². The molecule has 3 aromatic rings. The number of guanidine groups is 1. The Kier molecular flexibility index (Phi) is 7.63. The van der Waals surface area contributed by atoms with E-state index in [9.17, 15) is 9.90 Å². The van der Waals surface area contributed by atoms with E-state index in [1.165, 1.54) is 11.1 Å². The summed E-state index contributed by atoms with van der Waals surface area (Å²) in [5, 5.41) is 18.0. The molecule has 0 fully saturated rings. The van der Waals surface area contributed by atoms with E-state index in [0.29, 0.717) is 24.8 Å². The number of amides is 1. The third-order valence-electron chi connectivity index (χ3n) is 8.17. The first-order valence-electron chi connectivity index (χ1n) is 13.7. The SMILES string of the molecule is CCC1(CC)CC(=O)N(Cc2cccc(C(O)N[C@@H]3c4ccccc4C[C@H]3C)c2)C(Nc2ccccc2)=N1. The molecular formula is C32H38N4O2. The Labute approximate surface area is 225 Å². The lowest BCUT2D eigenvalue weighted by Gasteiger charge is -2.38. The van der Waals surface area contributed by atoms with Gasteiger partial charge < -0.3 is 10.4 Å². The van der Waals surface area contributed by atoms with Crippen LogP contribution < -0.4 is 10.6 Å². The van der Waals surface area contributed by atoms with Crippen LogP contribution in [0.4, 0.5) is 5.69 Å². The van der Waals surface area contributed by atoms with E-state index in [2.05, 4.69) is 55.7 Å². The maximum atomic E-state index is 13.5. The number of benzene rings is 3. The molecule has 198 valence electrons. The Morgan fingerprint density at radius 1 is 1.03 bits per heavy atom. The van der Waals surface area contributed by atoms with Gasteiger partial charge >= 0.3 is 0 Å². The Hall–Kier alpha value is -3.48. The van der Waals surface area contributed by atoms with E-state index in [1.807, 2.05) is 54.6 Å². The van der Waals surface area contributed by atoms with E-state index < -0.39 is 6.23 Å². The lowest BCUT2D eigenvalue weighted by atomic mass is 9.88. The molecule has 3 aromatic carbocycles. The van der Waals surface area contributed by atoms with Gasteiger partial charge in [-0.1, -0.05) is 87.5 Å². The fourth-order valence-corrected chi connectivity index (χ4v) is 5.75. The van der Waals surface area contributed by atoms with Crippen LogP contribution in [0.2, 0.25) is 0 Å². The number of para-hydroxylation sites is 1. The normalized spacial score (nSPS) is 21.1. The minimum atomic E-state index is -0.811. The van der Waals surface area contributed by atoms with Gasteiger partial charge in [0.05, 0.1) is 18.5 Å². The monoisotopic (exact) mass is 510 g/mol. The largest absolute Gasteiger partial charge is 0.374 e. The zero-order valence-corrected chi connectivity index (χ0v) is 22.5.